The van der Waals surface area contributed by atoms with E-state index < -0.39 is 0 Å². The van der Waals surface area contributed by atoms with E-state index >= 15 is 0 Å². The molecule has 0 spiro atoms. The summed E-state index contributed by atoms with van der Waals surface area (Å²) in [7, 11) is 3.61. The lowest BCUT2D eigenvalue weighted by Gasteiger charge is -2.24. The largest absolute Gasteiger partial charge is 0.496 e. The van der Waals surface area contributed by atoms with Crippen molar-refractivity contribution in [1.29, 1.82) is 0 Å². The van der Waals surface area contributed by atoms with Crippen LogP contribution in [-0.4, -0.2) is 53.7 Å². The summed E-state index contributed by atoms with van der Waals surface area (Å²) in [5, 5.41) is 12.4. The number of hydrogen-bond donors (Lipinski definition) is 2. The molecule has 2 N–H and O–H groups in total. The van der Waals surface area contributed by atoms with E-state index in [-0.39, 0.29) is 0 Å². The number of aromatic nitrogens is 4. The zero-order valence-electron chi connectivity index (χ0n) is 16.9. The van der Waals surface area contributed by atoms with Crippen molar-refractivity contribution < 1.29 is 9.47 Å². The molecule has 0 bridgehead atoms. The molecule has 2 aliphatic rings. The number of ether oxygens (including phenoxy) is 2. The fraction of sp³-hybridized carbons (Fsp3) is 0.476. The van der Waals surface area contributed by atoms with Crippen LogP contribution < -0.4 is 15.4 Å². The van der Waals surface area contributed by atoms with Gasteiger partial charge < -0.3 is 20.1 Å². The molecule has 0 atom stereocenters. The van der Waals surface area contributed by atoms with Crippen LogP contribution in [0.5, 0.6) is 5.75 Å². The Balaban J connectivity index is 1.67. The van der Waals surface area contributed by atoms with Crippen molar-refractivity contribution in [2.75, 3.05) is 39.2 Å². The van der Waals surface area contributed by atoms with Crippen molar-refractivity contribution in [3.8, 4) is 17.1 Å². The van der Waals surface area contributed by atoms with Gasteiger partial charge in [0.05, 0.1) is 31.3 Å². The lowest BCUT2D eigenvalue weighted by molar-refractivity contribution is 0.0856. The van der Waals surface area contributed by atoms with Gasteiger partial charge in [-0.25, -0.2) is 14.6 Å². The number of fused-ring (bicyclic) bond motifs is 2. The van der Waals surface area contributed by atoms with Crippen molar-refractivity contribution in [3.63, 3.8) is 0 Å². The Morgan fingerprint density at radius 1 is 1.21 bits per heavy atom. The summed E-state index contributed by atoms with van der Waals surface area (Å²) in [6, 6.07) is 6.32. The Bertz CT molecular complexity index is 1020. The Morgan fingerprint density at radius 3 is 2.83 bits per heavy atom. The van der Waals surface area contributed by atoms with Crippen LogP contribution in [-0.2, 0) is 17.8 Å². The normalized spacial score (nSPS) is 17.3. The molecule has 3 aromatic rings. The standard InChI is InChI=1S/C21H26N6O2/c1-22-19-11-14(13-3-7-29-8-4-13)15-10-18(28-2)16(9-17(15)24-19)21-25-20-12-23-5-6-27(20)26-21/h9-11,13,23H,3-8,12H2,1-2H3,(H,22,24). The first-order valence-corrected chi connectivity index (χ1v) is 10.2. The highest BCUT2D eigenvalue weighted by Crippen LogP contribution is 2.38. The van der Waals surface area contributed by atoms with Crippen molar-refractivity contribution in [2.45, 2.75) is 31.8 Å². The van der Waals surface area contributed by atoms with E-state index in [1.165, 1.54) is 5.56 Å². The highest BCUT2D eigenvalue weighted by Gasteiger charge is 2.23. The van der Waals surface area contributed by atoms with Crippen LogP contribution in [0.15, 0.2) is 18.2 Å². The number of rotatable bonds is 4. The summed E-state index contributed by atoms with van der Waals surface area (Å²) < 4.78 is 13.3. The molecule has 1 saturated heterocycles. The second kappa shape index (κ2) is 7.61. The monoisotopic (exact) mass is 394 g/mol. The smallest absolute Gasteiger partial charge is 0.185 e. The lowest BCUT2D eigenvalue weighted by atomic mass is 9.88. The van der Waals surface area contributed by atoms with Crippen LogP contribution in [0, 0.1) is 0 Å². The Morgan fingerprint density at radius 2 is 2.07 bits per heavy atom. The molecular formula is C21H26N6O2. The number of nitrogens with one attached hydrogen (secondary N) is 2. The minimum absolute atomic E-state index is 0.459. The van der Waals surface area contributed by atoms with Crippen molar-refractivity contribution in [3.05, 3.63) is 29.6 Å². The number of benzene rings is 1. The molecule has 152 valence electrons. The number of pyridine rings is 1. The van der Waals surface area contributed by atoms with Gasteiger partial charge in [0, 0.05) is 32.2 Å². The molecule has 0 unspecified atom stereocenters. The van der Waals surface area contributed by atoms with Crippen LogP contribution >= 0.6 is 0 Å². The lowest BCUT2D eigenvalue weighted by Crippen LogP contribution is -2.28. The van der Waals surface area contributed by atoms with E-state index in [0.717, 1.165) is 79.5 Å². The van der Waals surface area contributed by atoms with E-state index in [9.17, 15) is 0 Å². The summed E-state index contributed by atoms with van der Waals surface area (Å²) in [5.74, 6) is 3.75. The van der Waals surface area contributed by atoms with Gasteiger partial charge in [-0.05, 0) is 42.5 Å². The van der Waals surface area contributed by atoms with Gasteiger partial charge in [0.15, 0.2) is 5.82 Å². The van der Waals surface area contributed by atoms with Crippen molar-refractivity contribution >= 4 is 16.7 Å². The third-order valence-electron chi connectivity index (χ3n) is 5.85. The second-order valence-corrected chi connectivity index (χ2v) is 7.55. The predicted octanol–water partition coefficient (Wildman–Crippen LogP) is 2.54. The van der Waals surface area contributed by atoms with E-state index in [2.05, 4.69) is 28.8 Å². The molecule has 2 aromatic heterocycles. The zero-order chi connectivity index (χ0) is 19.8. The number of methoxy groups -OCH3 is 1. The van der Waals surface area contributed by atoms with Crippen LogP contribution in [0.4, 0.5) is 5.82 Å². The van der Waals surface area contributed by atoms with E-state index in [1.54, 1.807) is 7.11 Å². The van der Waals surface area contributed by atoms with E-state index in [1.807, 2.05) is 11.7 Å². The van der Waals surface area contributed by atoms with Gasteiger partial charge in [-0.1, -0.05) is 0 Å². The SMILES string of the molecule is CNc1cc(C2CCOCC2)c2cc(OC)c(-c3nc4n(n3)CCNC4)cc2n1. The number of nitrogens with zero attached hydrogens (tertiary/aromatic N) is 4. The van der Waals surface area contributed by atoms with Gasteiger partial charge in [-0.2, -0.15) is 5.10 Å². The second-order valence-electron chi connectivity index (χ2n) is 7.55. The minimum atomic E-state index is 0.459. The summed E-state index contributed by atoms with van der Waals surface area (Å²) >= 11 is 0. The zero-order valence-corrected chi connectivity index (χ0v) is 16.9. The molecular weight excluding hydrogens is 368 g/mol. The van der Waals surface area contributed by atoms with Gasteiger partial charge in [0.1, 0.15) is 17.4 Å². The molecule has 5 rings (SSSR count). The van der Waals surface area contributed by atoms with Gasteiger partial charge >= 0.3 is 0 Å². The molecule has 1 aromatic carbocycles. The number of anilines is 1. The fourth-order valence-electron chi connectivity index (χ4n) is 4.28. The Kier molecular flexibility index (Phi) is 4.81. The van der Waals surface area contributed by atoms with Gasteiger partial charge in [0.25, 0.3) is 0 Å². The fourth-order valence-corrected chi connectivity index (χ4v) is 4.28. The third kappa shape index (κ3) is 3.32. The molecule has 1 fully saturated rings. The van der Waals surface area contributed by atoms with Crippen LogP contribution in [0.2, 0.25) is 0 Å². The third-order valence-corrected chi connectivity index (χ3v) is 5.85. The topological polar surface area (TPSA) is 86.1 Å². The highest BCUT2D eigenvalue weighted by atomic mass is 16.5. The first-order valence-electron chi connectivity index (χ1n) is 10.2. The molecule has 2 aliphatic heterocycles. The minimum Gasteiger partial charge on any atom is -0.496 e. The molecule has 0 aliphatic carbocycles. The predicted molar refractivity (Wildman–Crippen MR) is 111 cm³/mol. The molecule has 8 heteroatoms. The summed E-state index contributed by atoms with van der Waals surface area (Å²) in [6.07, 6.45) is 2.04. The Labute approximate surface area is 169 Å². The van der Waals surface area contributed by atoms with Crippen LogP contribution in [0.25, 0.3) is 22.3 Å². The molecule has 0 amide bonds. The summed E-state index contributed by atoms with van der Waals surface area (Å²) in [6.45, 7) is 4.08. The molecule has 8 nitrogen and oxygen atoms in total. The summed E-state index contributed by atoms with van der Waals surface area (Å²) in [4.78, 5) is 9.56. The summed E-state index contributed by atoms with van der Waals surface area (Å²) in [5.41, 5.74) is 3.11. The van der Waals surface area contributed by atoms with E-state index in [4.69, 9.17) is 24.5 Å². The quantitative estimate of drug-likeness (QED) is 0.703. The van der Waals surface area contributed by atoms with Crippen molar-refractivity contribution in [1.82, 2.24) is 25.1 Å². The molecule has 0 radical (unpaired) electrons. The van der Waals surface area contributed by atoms with E-state index in [0.29, 0.717) is 11.7 Å². The maximum Gasteiger partial charge on any atom is 0.185 e. The van der Waals surface area contributed by atoms with Gasteiger partial charge in [0.2, 0.25) is 0 Å². The molecule has 0 saturated carbocycles. The molecule has 4 heterocycles. The first kappa shape index (κ1) is 18.3. The average Bonchev–Trinajstić information content (AvgIpc) is 3.22. The maximum atomic E-state index is 5.77. The average molecular weight is 394 g/mol. The van der Waals surface area contributed by atoms with Crippen molar-refractivity contribution in [2.24, 2.45) is 0 Å². The molecule has 29 heavy (non-hydrogen) atoms. The van der Waals surface area contributed by atoms with Gasteiger partial charge in [-0.3, -0.25) is 0 Å². The van der Waals surface area contributed by atoms with Crippen LogP contribution in [0.1, 0.15) is 30.1 Å². The van der Waals surface area contributed by atoms with Gasteiger partial charge in [-0.15, -0.1) is 0 Å². The highest BCUT2D eigenvalue weighted by molar-refractivity contribution is 5.91. The first-order chi connectivity index (χ1) is 14.3. The Hall–Kier alpha value is -2.71. The van der Waals surface area contributed by atoms with Crippen LogP contribution in [0.3, 0.4) is 0 Å². The maximum absolute atomic E-state index is 5.77. The number of hydrogen-bond acceptors (Lipinski definition) is 7.